The van der Waals surface area contributed by atoms with Gasteiger partial charge in [-0.15, -0.1) is 0 Å². The summed E-state index contributed by atoms with van der Waals surface area (Å²) >= 11 is 0. The number of nitrogen functional groups attached to an aromatic ring is 2. The molecule has 0 bridgehead atoms. The number of carbonyl (C=O) groups excluding carboxylic acids is 1. The quantitative estimate of drug-likeness (QED) is 0.563. The van der Waals surface area contributed by atoms with Gasteiger partial charge >= 0.3 is 0 Å². The van der Waals surface area contributed by atoms with Gasteiger partial charge in [0.25, 0.3) is 0 Å². The number of rotatable bonds is 5. The third kappa shape index (κ3) is 4.28. The van der Waals surface area contributed by atoms with Crippen molar-refractivity contribution in [2.75, 3.05) is 30.8 Å². The van der Waals surface area contributed by atoms with Crippen LogP contribution < -0.4 is 11.5 Å². The first-order chi connectivity index (χ1) is 14.7. The van der Waals surface area contributed by atoms with Gasteiger partial charge in [0, 0.05) is 54.3 Å². The molecule has 0 radical (unpaired) electrons. The van der Waals surface area contributed by atoms with Crippen LogP contribution in [-0.4, -0.2) is 57.6 Å². The molecule has 4 N–H and O–H groups in total. The van der Waals surface area contributed by atoms with Gasteiger partial charge in [0.2, 0.25) is 10.0 Å². The molecule has 31 heavy (non-hydrogen) atoms. The zero-order chi connectivity index (χ0) is 22.2. The number of Topliss-reactive ketones (excluding diaryl/α,β-unsaturated/α-hetero) is 1. The fraction of sp³-hybridized carbons (Fsp3) is 0.300. The summed E-state index contributed by atoms with van der Waals surface area (Å²) < 4.78 is 26.3. The molecule has 3 aromatic rings. The molecule has 0 atom stereocenters. The highest BCUT2D eigenvalue weighted by Crippen LogP contribution is 2.29. The normalized spacial score (nSPS) is 15.8. The summed E-state index contributed by atoms with van der Waals surface area (Å²) in [7, 11) is -3.22. The van der Waals surface area contributed by atoms with Crippen molar-refractivity contribution in [3.63, 3.8) is 0 Å². The van der Waals surface area contributed by atoms with Crippen LogP contribution >= 0.6 is 0 Å². The predicted molar refractivity (Wildman–Crippen MR) is 117 cm³/mol. The van der Waals surface area contributed by atoms with Gasteiger partial charge in [-0.1, -0.05) is 0 Å². The molecule has 162 valence electrons. The second-order valence-electron chi connectivity index (χ2n) is 7.54. The Hall–Kier alpha value is -3.31. The van der Waals surface area contributed by atoms with Crippen molar-refractivity contribution < 1.29 is 13.2 Å². The van der Waals surface area contributed by atoms with E-state index < -0.39 is 10.0 Å². The number of piperidine rings is 1. The minimum atomic E-state index is -3.22. The Morgan fingerprint density at radius 2 is 1.84 bits per heavy atom. The molecule has 0 aromatic carbocycles. The van der Waals surface area contributed by atoms with Crippen LogP contribution in [0.25, 0.3) is 16.9 Å². The first kappa shape index (κ1) is 20.9. The number of pyridine rings is 2. The summed E-state index contributed by atoms with van der Waals surface area (Å²) in [4.78, 5) is 21.1. The number of aromatic nitrogens is 4. The Balaban J connectivity index is 1.47. The monoisotopic (exact) mass is 441 g/mol. The van der Waals surface area contributed by atoms with Gasteiger partial charge in [-0.2, -0.15) is 5.10 Å². The van der Waals surface area contributed by atoms with Crippen LogP contribution in [0.5, 0.6) is 0 Å². The molecule has 0 spiro atoms. The Morgan fingerprint density at radius 3 is 2.48 bits per heavy atom. The molecule has 1 fully saturated rings. The number of nitrogens with two attached hydrogens (primary N) is 2. The molecule has 1 aliphatic rings. The van der Waals surface area contributed by atoms with Gasteiger partial charge in [0.1, 0.15) is 5.82 Å². The van der Waals surface area contributed by atoms with E-state index in [0.717, 1.165) is 11.1 Å². The number of nitrogens with zero attached hydrogens (tertiary/aromatic N) is 5. The number of ketones is 1. The van der Waals surface area contributed by atoms with Crippen LogP contribution in [0.15, 0.2) is 43.0 Å². The maximum atomic E-state index is 12.8. The maximum Gasteiger partial charge on any atom is 0.211 e. The second kappa shape index (κ2) is 8.08. The SMILES string of the molecule is CS(=O)(=O)N1CCC(C(=O)c2ccc(-n3cc(-c4ccnc(N)c4N)cn3)nc2)CC1. The minimum absolute atomic E-state index is 0.0200. The maximum absolute atomic E-state index is 12.8. The summed E-state index contributed by atoms with van der Waals surface area (Å²) in [5, 5.41) is 4.32. The molecule has 1 saturated heterocycles. The summed E-state index contributed by atoms with van der Waals surface area (Å²) in [5.41, 5.74) is 14.2. The Bertz CT molecular complexity index is 1210. The third-order valence-corrected chi connectivity index (χ3v) is 6.78. The van der Waals surface area contributed by atoms with Gasteiger partial charge in [-0.05, 0) is 31.0 Å². The lowest BCUT2D eigenvalue weighted by Gasteiger charge is -2.29. The molecule has 10 nitrogen and oxygen atoms in total. The van der Waals surface area contributed by atoms with Crippen LogP contribution in [0.1, 0.15) is 23.2 Å². The smallest absolute Gasteiger partial charge is 0.211 e. The van der Waals surface area contributed by atoms with E-state index in [1.54, 1.807) is 41.5 Å². The average molecular weight is 442 g/mol. The van der Waals surface area contributed by atoms with Crippen LogP contribution in [0.3, 0.4) is 0 Å². The zero-order valence-corrected chi connectivity index (χ0v) is 17.8. The topological polar surface area (TPSA) is 150 Å². The highest BCUT2D eigenvalue weighted by atomic mass is 32.2. The highest BCUT2D eigenvalue weighted by molar-refractivity contribution is 7.88. The van der Waals surface area contributed by atoms with Crippen LogP contribution in [-0.2, 0) is 10.0 Å². The third-order valence-electron chi connectivity index (χ3n) is 5.48. The van der Waals surface area contributed by atoms with Crippen molar-refractivity contribution >= 4 is 27.3 Å². The van der Waals surface area contributed by atoms with Crippen molar-refractivity contribution in [3.8, 4) is 16.9 Å². The lowest BCUT2D eigenvalue weighted by molar-refractivity contribution is 0.0875. The largest absolute Gasteiger partial charge is 0.395 e. The van der Waals surface area contributed by atoms with Crippen molar-refractivity contribution in [2.45, 2.75) is 12.8 Å². The van der Waals surface area contributed by atoms with Crippen LogP contribution in [0, 0.1) is 5.92 Å². The molecular formula is C20H23N7O3S. The van der Waals surface area contributed by atoms with Gasteiger partial charge < -0.3 is 11.5 Å². The van der Waals surface area contributed by atoms with Crippen LogP contribution in [0.2, 0.25) is 0 Å². The Labute approximate surface area is 180 Å². The standard InChI is InChI=1S/C20H23N7O3S/c1-31(29,30)26-8-5-13(6-9-26)19(28)14-2-3-17(24-10-14)27-12-15(11-25-27)16-4-7-23-20(22)18(16)21/h2-4,7,10-13H,5-6,8-9,21H2,1H3,(H2,22,23). The summed E-state index contributed by atoms with van der Waals surface area (Å²) in [5.74, 6) is 0.583. The van der Waals surface area contributed by atoms with Crippen molar-refractivity contribution in [1.29, 1.82) is 0 Å². The van der Waals surface area contributed by atoms with E-state index in [1.165, 1.54) is 16.8 Å². The van der Waals surface area contributed by atoms with E-state index in [0.29, 0.717) is 43.0 Å². The first-order valence-corrected chi connectivity index (χ1v) is 11.6. The predicted octanol–water partition coefficient (Wildman–Crippen LogP) is 1.35. The van der Waals surface area contributed by atoms with Gasteiger partial charge in [-0.3, -0.25) is 4.79 Å². The van der Waals surface area contributed by atoms with E-state index in [2.05, 4.69) is 15.1 Å². The van der Waals surface area contributed by atoms with Crippen molar-refractivity contribution in [1.82, 2.24) is 24.1 Å². The van der Waals surface area contributed by atoms with Gasteiger partial charge in [0.05, 0.1) is 18.1 Å². The molecule has 4 rings (SSSR count). The van der Waals surface area contributed by atoms with E-state index in [4.69, 9.17) is 11.5 Å². The summed E-state index contributed by atoms with van der Waals surface area (Å²) in [6, 6.07) is 5.20. The number of hydrogen-bond acceptors (Lipinski definition) is 8. The molecule has 0 aliphatic carbocycles. The second-order valence-corrected chi connectivity index (χ2v) is 9.52. The molecule has 3 aromatic heterocycles. The number of sulfonamides is 1. The summed E-state index contributed by atoms with van der Waals surface area (Å²) in [6.45, 7) is 0.721. The lowest BCUT2D eigenvalue weighted by atomic mass is 9.90. The molecule has 4 heterocycles. The van der Waals surface area contributed by atoms with Crippen molar-refractivity contribution in [2.24, 2.45) is 5.92 Å². The fourth-order valence-electron chi connectivity index (χ4n) is 3.68. The zero-order valence-electron chi connectivity index (χ0n) is 17.0. The van der Waals surface area contributed by atoms with Crippen molar-refractivity contribution in [3.05, 3.63) is 48.5 Å². The lowest BCUT2D eigenvalue weighted by Crippen LogP contribution is -2.39. The molecule has 0 amide bonds. The summed E-state index contributed by atoms with van der Waals surface area (Å²) in [6.07, 6.45) is 8.74. The average Bonchev–Trinajstić information content (AvgIpc) is 3.25. The molecule has 0 saturated carbocycles. The minimum Gasteiger partial charge on any atom is -0.395 e. The Morgan fingerprint density at radius 1 is 1.10 bits per heavy atom. The first-order valence-electron chi connectivity index (χ1n) is 9.75. The fourth-order valence-corrected chi connectivity index (χ4v) is 4.56. The van der Waals surface area contributed by atoms with Crippen LogP contribution in [0.4, 0.5) is 11.5 Å². The van der Waals surface area contributed by atoms with E-state index in [1.807, 2.05) is 0 Å². The van der Waals surface area contributed by atoms with E-state index in [-0.39, 0.29) is 17.5 Å². The number of anilines is 2. The highest BCUT2D eigenvalue weighted by Gasteiger charge is 2.29. The number of carbonyl (C=O) groups is 1. The number of hydrogen-bond donors (Lipinski definition) is 2. The molecule has 1 aliphatic heterocycles. The molecule has 0 unspecified atom stereocenters. The molecule has 11 heteroatoms. The van der Waals surface area contributed by atoms with Gasteiger partial charge in [-0.25, -0.2) is 27.4 Å². The Kier molecular flexibility index (Phi) is 5.46. The van der Waals surface area contributed by atoms with E-state index >= 15 is 0 Å². The van der Waals surface area contributed by atoms with Gasteiger partial charge in [0.15, 0.2) is 11.6 Å². The van der Waals surface area contributed by atoms with E-state index in [9.17, 15) is 13.2 Å². The molecular weight excluding hydrogens is 418 g/mol.